The zero-order valence-electron chi connectivity index (χ0n) is 10.4. The summed E-state index contributed by atoms with van der Waals surface area (Å²) in [5, 5.41) is 4.68. The SMILES string of the molecule is COc1ccc(CNC2CCCC2(C)C)s1. The summed E-state index contributed by atoms with van der Waals surface area (Å²) in [6.07, 6.45) is 4.02. The van der Waals surface area contributed by atoms with Crippen molar-refractivity contribution in [2.45, 2.75) is 45.7 Å². The molecule has 0 aliphatic heterocycles. The first-order valence-corrected chi connectivity index (χ1v) is 6.79. The fourth-order valence-corrected chi connectivity index (χ4v) is 3.26. The van der Waals surface area contributed by atoms with Crippen LogP contribution in [0, 0.1) is 5.41 Å². The highest BCUT2D eigenvalue weighted by atomic mass is 32.1. The minimum atomic E-state index is 0.460. The third kappa shape index (κ3) is 2.58. The molecule has 16 heavy (non-hydrogen) atoms. The molecule has 0 amide bonds. The Morgan fingerprint density at radius 1 is 1.50 bits per heavy atom. The van der Waals surface area contributed by atoms with Crippen LogP contribution in [0.15, 0.2) is 12.1 Å². The fourth-order valence-electron chi connectivity index (χ4n) is 2.49. The van der Waals surface area contributed by atoms with Gasteiger partial charge in [-0.2, -0.15) is 0 Å². The largest absolute Gasteiger partial charge is 0.487 e. The Kier molecular flexibility index (Phi) is 3.55. The second-order valence-corrected chi connectivity index (χ2v) is 6.37. The van der Waals surface area contributed by atoms with E-state index in [1.165, 1.54) is 24.1 Å². The Balaban J connectivity index is 1.87. The van der Waals surface area contributed by atoms with Crippen molar-refractivity contribution in [3.05, 3.63) is 17.0 Å². The highest BCUT2D eigenvalue weighted by Gasteiger charge is 2.33. The van der Waals surface area contributed by atoms with E-state index in [1.54, 1.807) is 18.4 Å². The van der Waals surface area contributed by atoms with E-state index in [9.17, 15) is 0 Å². The number of rotatable bonds is 4. The standard InChI is InChI=1S/C13H21NOS/c1-13(2)8-4-5-11(13)14-9-10-6-7-12(15-3)16-10/h6-7,11,14H,4-5,8-9H2,1-3H3. The van der Waals surface area contributed by atoms with Crippen LogP contribution in [0.5, 0.6) is 5.06 Å². The van der Waals surface area contributed by atoms with E-state index < -0.39 is 0 Å². The van der Waals surface area contributed by atoms with E-state index in [0.717, 1.165) is 11.6 Å². The Bertz CT molecular complexity index is 345. The zero-order valence-corrected chi connectivity index (χ0v) is 11.2. The van der Waals surface area contributed by atoms with Crippen LogP contribution >= 0.6 is 11.3 Å². The molecule has 0 radical (unpaired) electrons. The maximum absolute atomic E-state index is 5.20. The highest BCUT2D eigenvalue weighted by molar-refractivity contribution is 7.13. The monoisotopic (exact) mass is 239 g/mol. The van der Waals surface area contributed by atoms with Crippen molar-refractivity contribution in [2.24, 2.45) is 5.41 Å². The van der Waals surface area contributed by atoms with Crippen LogP contribution in [-0.2, 0) is 6.54 Å². The molecule has 0 aromatic carbocycles. The first-order valence-electron chi connectivity index (χ1n) is 5.98. The summed E-state index contributed by atoms with van der Waals surface area (Å²) in [5.41, 5.74) is 0.460. The first kappa shape index (κ1) is 11.9. The summed E-state index contributed by atoms with van der Waals surface area (Å²) in [7, 11) is 1.73. The molecule has 1 aromatic heterocycles. The smallest absolute Gasteiger partial charge is 0.173 e. The number of hydrogen-bond acceptors (Lipinski definition) is 3. The molecule has 1 unspecified atom stereocenters. The van der Waals surface area contributed by atoms with Gasteiger partial charge in [-0.25, -0.2) is 0 Å². The van der Waals surface area contributed by atoms with Gasteiger partial charge in [-0.3, -0.25) is 0 Å². The van der Waals surface area contributed by atoms with Gasteiger partial charge in [0.2, 0.25) is 0 Å². The molecule has 1 N–H and O–H groups in total. The molecule has 2 rings (SSSR count). The van der Waals surface area contributed by atoms with Crippen molar-refractivity contribution < 1.29 is 4.74 Å². The summed E-state index contributed by atoms with van der Waals surface area (Å²) >= 11 is 1.73. The summed E-state index contributed by atoms with van der Waals surface area (Å²) in [4.78, 5) is 1.36. The van der Waals surface area contributed by atoms with Gasteiger partial charge in [-0.05, 0) is 30.4 Å². The van der Waals surface area contributed by atoms with Gasteiger partial charge in [0.05, 0.1) is 7.11 Å². The van der Waals surface area contributed by atoms with Crippen LogP contribution in [0.1, 0.15) is 38.0 Å². The average molecular weight is 239 g/mol. The van der Waals surface area contributed by atoms with Crippen molar-refractivity contribution in [2.75, 3.05) is 7.11 Å². The lowest BCUT2D eigenvalue weighted by Gasteiger charge is -2.27. The van der Waals surface area contributed by atoms with Crippen LogP contribution in [0.2, 0.25) is 0 Å². The molecule has 1 aliphatic carbocycles. The van der Waals surface area contributed by atoms with Gasteiger partial charge in [0, 0.05) is 17.5 Å². The molecule has 1 aliphatic rings. The third-order valence-electron chi connectivity index (χ3n) is 3.62. The minimum Gasteiger partial charge on any atom is -0.487 e. The van der Waals surface area contributed by atoms with Gasteiger partial charge in [-0.15, -0.1) is 11.3 Å². The average Bonchev–Trinajstić information content (AvgIpc) is 2.81. The number of methoxy groups -OCH3 is 1. The Morgan fingerprint density at radius 3 is 2.88 bits per heavy atom. The molecule has 1 heterocycles. The van der Waals surface area contributed by atoms with Gasteiger partial charge in [0.15, 0.2) is 5.06 Å². The molecule has 1 aromatic rings. The first-order chi connectivity index (χ1) is 7.62. The Labute approximate surface area is 102 Å². The molecule has 1 atom stereocenters. The van der Waals surface area contributed by atoms with Crippen LogP contribution in [-0.4, -0.2) is 13.2 Å². The van der Waals surface area contributed by atoms with Crippen molar-refractivity contribution in [3.8, 4) is 5.06 Å². The molecular weight excluding hydrogens is 218 g/mol. The van der Waals surface area contributed by atoms with Crippen LogP contribution < -0.4 is 10.1 Å². The maximum atomic E-state index is 5.20. The minimum absolute atomic E-state index is 0.460. The van der Waals surface area contributed by atoms with Gasteiger partial charge in [0.1, 0.15) is 0 Å². The van der Waals surface area contributed by atoms with E-state index in [1.807, 2.05) is 6.07 Å². The number of nitrogens with one attached hydrogen (secondary N) is 1. The normalized spacial score (nSPS) is 23.6. The maximum Gasteiger partial charge on any atom is 0.173 e. The topological polar surface area (TPSA) is 21.3 Å². The third-order valence-corrected chi connectivity index (χ3v) is 4.66. The predicted molar refractivity (Wildman–Crippen MR) is 69.1 cm³/mol. The summed E-state index contributed by atoms with van der Waals surface area (Å²) in [6.45, 7) is 5.71. The number of hydrogen-bond donors (Lipinski definition) is 1. The van der Waals surface area contributed by atoms with Crippen molar-refractivity contribution in [3.63, 3.8) is 0 Å². The van der Waals surface area contributed by atoms with Gasteiger partial charge in [0.25, 0.3) is 0 Å². The second kappa shape index (κ2) is 4.76. The second-order valence-electron chi connectivity index (χ2n) is 5.24. The van der Waals surface area contributed by atoms with E-state index in [-0.39, 0.29) is 0 Å². The van der Waals surface area contributed by atoms with Crippen LogP contribution in [0.25, 0.3) is 0 Å². The van der Waals surface area contributed by atoms with Gasteiger partial charge in [-0.1, -0.05) is 20.3 Å². The predicted octanol–water partition coefficient (Wildman–Crippen LogP) is 3.43. The quantitative estimate of drug-likeness (QED) is 0.869. The zero-order chi connectivity index (χ0) is 11.6. The highest BCUT2D eigenvalue weighted by Crippen LogP contribution is 2.37. The fraction of sp³-hybridized carbons (Fsp3) is 0.692. The van der Waals surface area contributed by atoms with Gasteiger partial charge < -0.3 is 10.1 Å². The van der Waals surface area contributed by atoms with Crippen molar-refractivity contribution in [1.82, 2.24) is 5.32 Å². The molecular formula is C13H21NOS. The summed E-state index contributed by atoms with van der Waals surface area (Å²) < 4.78 is 5.20. The summed E-state index contributed by atoms with van der Waals surface area (Å²) in [6, 6.07) is 4.86. The van der Waals surface area contributed by atoms with Gasteiger partial charge >= 0.3 is 0 Å². The Morgan fingerprint density at radius 2 is 2.31 bits per heavy atom. The molecule has 2 nitrogen and oxygen atoms in total. The Hall–Kier alpha value is -0.540. The van der Waals surface area contributed by atoms with Crippen molar-refractivity contribution >= 4 is 11.3 Å². The molecule has 0 bridgehead atoms. The van der Waals surface area contributed by atoms with Crippen molar-refractivity contribution in [1.29, 1.82) is 0 Å². The van der Waals surface area contributed by atoms with E-state index in [0.29, 0.717) is 11.5 Å². The lowest BCUT2D eigenvalue weighted by atomic mass is 9.87. The van der Waals surface area contributed by atoms with Crippen LogP contribution in [0.4, 0.5) is 0 Å². The lowest BCUT2D eigenvalue weighted by molar-refractivity contribution is 0.283. The lowest BCUT2D eigenvalue weighted by Crippen LogP contribution is -2.36. The number of ether oxygens (including phenoxy) is 1. The molecule has 3 heteroatoms. The van der Waals surface area contributed by atoms with E-state index >= 15 is 0 Å². The molecule has 1 saturated carbocycles. The molecule has 0 saturated heterocycles. The van der Waals surface area contributed by atoms with E-state index in [4.69, 9.17) is 4.74 Å². The molecule has 90 valence electrons. The molecule has 0 spiro atoms. The van der Waals surface area contributed by atoms with E-state index in [2.05, 4.69) is 25.2 Å². The molecule has 1 fully saturated rings. The summed E-state index contributed by atoms with van der Waals surface area (Å²) in [5.74, 6) is 0. The van der Waals surface area contributed by atoms with Crippen LogP contribution in [0.3, 0.4) is 0 Å². The number of thiophene rings is 1.